The minimum Gasteiger partial charge on any atom is -0.441 e. The monoisotopic (exact) mass is 463 g/mol. The molecule has 6 nitrogen and oxygen atoms in total. The van der Waals surface area contributed by atoms with Crippen LogP contribution in [0.2, 0.25) is 0 Å². The number of halogens is 9. The van der Waals surface area contributed by atoms with E-state index in [-0.39, 0.29) is 12.1 Å². The molecule has 0 amide bonds. The molecular weight excluding hydrogens is 453 g/mol. The number of hydrogen-bond acceptors (Lipinski definition) is 6. The van der Waals surface area contributed by atoms with E-state index in [0.29, 0.717) is 6.26 Å². The van der Waals surface area contributed by atoms with Crippen LogP contribution in [0.5, 0.6) is 0 Å². The summed E-state index contributed by atoms with van der Waals surface area (Å²) in [5.41, 5.74) is -5.67. The second kappa shape index (κ2) is 8.35. The first kappa shape index (κ1) is 24.4. The lowest BCUT2D eigenvalue weighted by Gasteiger charge is -2.24. The molecule has 2 aromatic heterocycles. The summed E-state index contributed by atoms with van der Waals surface area (Å²) < 4.78 is 125. The Kier molecular flexibility index (Phi) is 6.57. The van der Waals surface area contributed by atoms with Crippen molar-refractivity contribution in [2.75, 3.05) is 7.11 Å². The van der Waals surface area contributed by atoms with Gasteiger partial charge in [0.1, 0.15) is 35.4 Å². The highest BCUT2D eigenvalue weighted by Crippen LogP contribution is 2.40. The Bertz CT molecular complexity index is 928. The maximum atomic E-state index is 13.0. The molecule has 170 valence electrons. The van der Waals surface area contributed by atoms with Gasteiger partial charge in [-0.05, 0) is 17.7 Å². The molecule has 0 fully saturated rings. The van der Waals surface area contributed by atoms with Gasteiger partial charge >= 0.3 is 24.4 Å². The fraction of sp³-hybridized carbons (Fsp3) is 0.438. The second-order valence-corrected chi connectivity index (χ2v) is 6.00. The van der Waals surface area contributed by atoms with Crippen molar-refractivity contribution < 1.29 is 53.8 Å². The normalized spacial score (nSPS) is 15.9. The number of methoxy groups -OCH3 is 1. The Labute approximate surface area is 166 Å². The van der Waals surface area contributed by atoms with Gasteiger partial charge in [-0.3, -0.25) is 0 Å². The number of rotatable bonds is 5. The van der Waals surface area contributed by atoms with Gasteiger partial charge in [0.25, 0.3) is 0 Å². The molecule has 2 aromatic rings. The van der Waals surface area contributed by atoms with E-state index in [1.165, 1.54) is 6.07 Å². The smallest absolute Gasteiger partial charge is 0.441 e. The second-order valence-electron chi connectivity index (χ2n) is 6.00. The SMILES string of the molecule is COC(c1coc(C(F)(F)F)n1)C(C#N)C(O)c1cc(C(F)(F)F)nc(C(F)(F)F)c1. The minimum atomic E-state index is -5.33. The van der Waals surface area contributed by atoms with Crippen LogP contribution in [0.3, 0.4) is 0 Å². The number of alkyl halides is 9. The summed E-state index contributed by atoms with van der Waals surface area (Å²) in [5, 5.41) is 19.7. The van der Waals surface area contributed by atoms with Crippen LogP contribution in [0.4, 0.5) is 39.5 Å². The summed E-state index contributed by atoms with van der Waals surface area (Å²) in [6.07, 6.45) is -19.4. The summed E-state index contributed by atoms with van der Waals surface area (Å²) in [5.74, 6) is -3.71. The molecule has 0 bridgehead atoms. The molecule has 0 aliphatic carbocycles. The third-order valence-corrected chi connectivity index (χ3v) is 3.90. The van der Waals surface area contributed by atoms with Gasteiger partial charge in [-0.1, -0.05) is 0 Å². The number of aliphatic hydroxyl groups is 1. The molecule has 0 aromatic carbocycles. The van der Waals surface area contributed by atoms with E-state index >= 15 is 0 Å². The first-order valence-corrected chi connectivity index (χ1v) is 7.89. The maximum absolute atomic E-state index is 13.0. The highest BCUT2D eigenvalue weighted by Gasteiger charge is 2.42. The molecule has 15 heteroatoms. The lowest BCUT2D eigenvalue weighted by Crippen LogP contribution is -2.23. The van der Waals surface area contributed by atoms with Gasteiger partial charge in [-0.2, -0.15) is 44.8 Å². The molecule has 0 saturated carbocycles. The fourth-order valence-corrected chi connectivity index (χ4v) is 2.52. The predicted octanol–water partition coefficient (Wildman–Crippen LogP) is 4.69. The largest absolute Gasteiger partial charge is 0.468 e. The van der Waals surface area contributed by atoms with Gasteiger partial charge in [-0.25, -0.2) is 9.97 Å². The van der Waals surface area contributed by atoms with Crippen molar-refractivity contribution in [3.63, 3.8) is 0 Å². The van der Waals surface area contributed by atoms with Crippen LogP contribution < -0.4 is 0 Å². The molecule has 0 radical (unpaired) electrons. The molecule has 1 N–H and O–H groups in total. The van der Waals surface area contributed by atoms with E-state index in [2.05, 4.69) is 14.4 Å². The Morgan fingerprint density at radius 1 is 0.968 bits per heavy atom. The van der Waals surface area contributed by atoms with Gasteiger partial charge in [0.15, 0.2) is 0 Å². The van der Waals surface area contributed by atoms with E-state index < -0.39 is 65.2 Å². The molecule has 3 unspecified atom stereocenters. The molecule has 0 spiro atoms. The Morgan fingerprint density at radius 2 is 1.48 bits per heavy atom. The van der Waals surface area contributed by atoms with E-state index in [4.69, 9.17) is 4.74 Å². The number of pyridine rings is 1. The van der Waals surface area contributed by atoms with Crippen molar-refractivity contribution in [1.82, 2.24) is 9.97 Å². The molecular formula is C16H10F9N3O3. The summed E-state index contributed by atoms with van der Waals surface area (Å²) in [6, 6.07) is 1.56. The van der Waals surface area contributed by atoms with Crippen molar-refractivity contribution in [3.8, 4) is 6.07 Å². The van der Waals surface area contributed by atoms with Crippen LogP contribution in [-0.4, -0.2) is 22.2 Å². The van der Waals surface area contributed by atoms with Crippen LogP contribution in [0.25, 0.3) is 0 Å². The molecule has 0 aliphatic heterocycles. The zero-order valence-electron chi connectivity index (χ0n) is 15.0. The molecule has 2 rings (SSSR count). The highest BCUT2D eigenvalue weighted by atomic mass is 19.4. The number of hydrogen-bond donors (Lipinski definition) is 1. The molecule has 0 saturated heterocycles. The third-order valence-electron chi connectivity index (χ3n) is 3.90. The van der Waals surface area contributed by atoms with Crippen molar-refractivity contribution in [3.05, 3.63) is 46.9 Å². The molecule has 3 atom stereocenters. The van der Waals surface area contributed by atoms with Crippen molar-refractivity contribution in [2.24, 2.45) is 5.92 Å². The zero-order valence-corrected chi connectivity index (χ0v) is 15.0. The molecule has 0 aliphatic rings. The zero-order chi connectivity index (χ0) is 23.8. The summed E-state index contributed by atoms with van der Waals surface area (Å²) in [4.78, 5) is 5.53. The third kappa shape index (κ3) is 5.44. The fourth-order valence-electron chi connectivity index (χ4n) is 2.52. The summed E-state index contributed by atoms with van der Waals surface area (Å²) in [6.45, 7) is 0. The summed E-state index contributed by atoms with van der Waals surface area (Å²) >= 11 is 0. The average Bonchev–Trinajstić information content (AvgIpc) is 3.14. The Morgan fingerprint density at radius 3 is 1.84 bits per heavy atom. The first-order chi connectivity index (χ1) is 14.1. The van der Waals surface area contributed by atoms with Gasteiger partial charge in [0, 0.05) is 7.11 Å². The van der Waals surface area contributed by atoms with Crippen LogP contribution in [0, 0.1) is 17.2 Å². The van der Waals surface area contributed by atoms with E-state index in [1.54, 1.807) is 0 Å². The number of nitrogens with zero attached hydrogens (tertiary/aromatic N) is 3. The lowest BCUT2D eigenvalue weighted by atomic mass is 9.90. The van der Waals surface area contributed by atoms with Gasteiger partial charge in [0.05, 0.1) is 12.2 Å². The quantitative estimate of drug-likeness (QED) is 0.648. The van der Waals surface area contributed by atoms with Gasteiger partial charge in [-0.15, -0.1) is 0 Å². The molecule has 31 heavy (non-hydrogen) atoms. The number of aromatic nitrogens is 2. The first-order valence-electron chi connectivity index (χ1n) is 7.89. The number of nitriles is 1. The minimum absolute atomic E-state index is 0.0842. The Balaban J connectivity index is 2.52. The topological polar surface area (TPSA) is 92.2 Å². The standard InChI is InChI=1S/C16H10F9N3O3/c1-30-12(8-5-31-13(27-8)16(23,24)25)7(4-26)11(29)6-2-9(14(17,18)19)28-10(3-6)15(20,21)22/h2-3,5,7,11-12,29H,1H3. The Hall–Kier alpha value is -2.86. The molecule has 2 heterocycles. The predicted molar refractivity (Wildman–Crippen MR) is 79.6 cm³/mol. The number of ether oxygens (including phenoxy) is 1. The van der Waals surface area contributed by atoms with Crippen LogP contribution >= 0.6 is 0 Å². The number of aliphatic hydroxyl groups excluding tert-OH is 1. The van der Waals surface area contributed by atoms with E-state index in [9.17, 15) is 49.9 Å². The van der Waals surface area contributed by atoms with Crippen LogP contribution in [0.15, 0.2) is 22.8 Å². The van der Waals surface area contributed by atoms with Crippen molar-refractivity contribution >= 4 is 0 Å². The lowest BCUT2D eigenvalue weighted by molar-refractivity contribution is -0.157. The van der Waals surface area contributed by atoms with E-state index in [0.717, 1.165) is 7.11 Å². The average molecular weight is 463 g/mol. The number of oxazole rings is 1. The maximum Gasteiger partial charge on any atom is 0.468 e. The van der Waals surface area contributed by atoms with Gasteiger partial charge < -0.3 is 14.3 Å². The highest BCUT2D eigenvalue weighted by molar-refractivity contribution is 5.29. The van der Waals surface area contributed by atoms with Crippen LogP contribution in [0.1, 0.15) is 40.7 Å². The van der Waals surface area contributed by atoms with Gasteiger partial charge in [0.2, 0.25) is 0 Å². The van der Waals surface area contributed by atoms with Crippen molar-refractivity contribution in [1.29, 1.82) is 5.26 Å². The van der Waals surface area contributed by atoms with Crippen molar-refractivity contribution in [2.45, 2.75) is 30.7 Å². The van der Waals surface area contributed by atoms with Crippen LogP contribution in [-0.2, 0) is 23.3 Å². The van der Waals surface area contributed by atoms with E-state index in [1.807, 2.05) is 0 Å². The summed E-state index contributed by atoms with van der Waals surface area (Å²) in [7, 11) is 0.874.